The van der Waals surface area contributed by atoms with Gasteiger partial charge in [0.05, 0.1) is 16.4 Å². The topological polar surface area (TPSA) is 50.2 Å². The number of nitrogens with one attached hydrogen (secondary N) is 1. The average Bonchev–Trinajstić information content (AvgIpc) is 3.38. The fraction of sp³-hybridized carbons (Fsp3) is 0.333. The van der Waals surface area contributed by atoms with E-state index in [1.54, 1.807) is 10.9 Å². The predicted octanol–water partition coefficient (Wildman–Crippen LogP) is 4.34. The molecule has 1 amide bonds. The first-order valence-electron chi connectivity index (χ1n) is 9.51. The van der Waals surface area contributed by atoms with Crippen molar-refractivity contribution in [2.24, 2.45) is 5.92 Å². The molecule has 4 rings (SSSR count). The second-order valence-electron chi connectivity index (χ2n) is 7.18. The van der Waals surface area contributed by atoms with Crippen LogP contribution in [0.2, 0.25) is 0 Å². The van der Waals surface area contributed by atoms with Crippen LogP contribution in [0.4, 0.5) is 0 Å². The minimum Gasteiger partial charge on any atom is -0.352 e. The van der Waals surface area contributed by atoms with Gasteiger partial charge in [0.2, 0.25) is 0 Å². The van der Waals surface area contributed by atoms with E-state index in [2.05, 4.69) is 48.8 Å². The van der Waals surface area contributed by atoms with Crippen LogP contribution in [-0.2, 0) is 6.54 Å². The fourth-order valence-electron chi connectivity index (χ4n) is 3.63. The maximum Gasteiger partial charge on any atom is 0.251 e. The van der Waals surface area contributed by atoms with Crippen LogP contribution >= 0.6 is 27.3 Å². The molecule has 146 valence electrons. The number of piperidine rings is 1. The van der Waals surface area contributed by atoms with E-state index < -0.39 is 0 Å². The molecule has 3 heterocycles. The maximum atomic E-state index is 12.5. The Balaban J connectivity index is 1.29. The van der Waals surface area contributed by atoms with Crippen molar-refractivity contribution in [1.82, 2.24) is 20.0 Å². The first-order valence-corrected chi connectivity index (χ1v) is 11.2. The smallest absolute Gasteiger partial charge is 0.251 e. The molecular formula is C21H23BrN4OS. The Bertz CT molecular complexity index is 907. The Morgan fingerprint density at radius 2 is 2.14 bits per heavy atom. The number of rotatable bonds is 6. The molecule has 1 N–H and O–H groups in total. The van der Waals surface area contributed by atoms with Crippen LogP contribution in [0, 0.1) is 5.92 Å². The van der Waals surface area contributed by atoms with Crippen LogP contribution in [0.15, 0.2) is 58.6 Å². The molecule has 1 atom stereocenters. The van der Waals surface area contributed by atoms with E-state index in [1.165, 1.54) is 17.7 Å². The lowest BCUT2D eigenvalue weighted by Crippen LogP contribution is -2.40. The molecule has 1 fully saturated rings. The number of benzene rings is 1. The molecule has 28 heavy (non-hydrogen) atoms. The predicted molar refractivity (Wildman–Crippen MR) is 116 cm³/mol. The summed E-state index contributed by atoms with van der Waals surface area (Å²) in [6, 6.07) is 11.8. The van der Waals surface area contributed by atoms with Crippen LogP contribution in [0.1, 0.15) is 28.1 Å². The first kappa shape index (κ1) is 19.4. The Morgan fingerprint density at radius 1 is 1.29 bits per heavy atom. The van der Waals surface area contributed by atoms with Gasteiger partial charge in [0.15, 0.2) is 0 Å². The van der Waals surface area contributed by atoms with Gasteiger partial charge in [0.1, 0.15) is 0 Å². The molecule has 0 spiro atoms. The Labute approximate surface area is 177 Å². The van der Waals surface area contributed by atoms with Gasteiger partial charge >= 0.3 is 0 Å². The Morgan fingerprint density at radius 3 is 2.86 bits per heavy atom. The number of aromatic nitrogens is 2. The Hall–Kier alpha value is -1.96. The van der Waals surface area contributed by atoms with Gasteiger partial charge in [-0.1, -0.05) is 6.07 Å². The number of hydrogen-bond donors (Lipinski definition) is 1. The van der Waals surface area contributed by atoms with Gasteiger partial charge in [0.25, 0.3) is 5.91 Å². The summed E-state index contributed by atoms with van der Waals surface area (Å²) in [6.45, 7) is 3.94. The van der Waals surface area contributed by atoms with Gasteiger partial charge in [-0.3, -0.25) is 9.69 Å². The number of thiophene rings is 1. The number of halogens is 1. The number of likely N-dealkylation sites (tertiary alicyclic amines) is 1. The summed E-state index contributed by atoms with van der Waals surface area (Å²) in [5.74, 6) is 0.502. The molecular weight excluding hydrogens is 436 g/mol. The highest BCUT2D eigenvalue weighted by Crippen LogP contribution is 2.20. The molecule has 1 saturated heterocycles. The number of carbonyl (C=O) groups is 1. The fourth-order valence-corrected chi connectivity index (χ4v) is 4.66. The molecule has 1 unspecified atom stereocenters. The summed E-state index contributed by atoms with van der Waals surface area (Å²) in [7, 11) is 0. The van der Waals surface area contributed by atoms with E-state index in [0.29, 0.717) is 11.5 Å². The van der Waals surface area contributed by atoms with Crippen molar-refractivity contribution in [3.05, 3.63) is 69.1 Å². The summed E-state index contributed by atoms with van der Waals surface area (Å²) in [5, 5.41) is 9.51. The molecule has 0 radical (unpaired) electrons. The van der Waals surface area contributed by atoms with Crippen LogP contribution < -0.4 is 5.32 Å². The summed E-state index contributed by atoms with van der Waals surface area (Å²) in [6.07, 6.45) is 6.00. The summed E-state index contributed by atoms with van der Waals surface area (Å²) >= 11 is 5.21. The lowest BCUT2D eigenvalue weighted by atomic mass is 9.98. The molecule has 0 bridgehead atoms. The zero-order valence-corrected chi connectivity index (χ0v) is 18.0. The molecule has 1 aromatic carbocycles. The highest BCUT2D eigenvalue weighted by Gasteiger charge is 2.21. The lowest BCUT2D eigenvalue weighted by Gasteiger charge is -2.32. The molecule has 3 aromatic rings. The molecule has 0 aliphatic carbocycles. The third-order valence-corrected chi connectivity index (χ3v) is 6.33. The van der Waals surface area contributed by atoms with Crippen LogP contribution in [0.5, 0.6) is 0 Å². The normalized spacial score (nSPS) is 17.5. The number of amides is 1. The molecule has 1 aliphatic rings. The molecule has 7 heteroatoms. The monoisotopic (exact) mass is 458 g/mol. The van der Waals surface area contributed by atoms with Crippen molar-refractivity contribution < 1.29 is 4.79 Å². The Kier molecular flexibility index (Phi) is 6.24. The number of nitrogens with zero attached hydrogens (tertiary/aromatic N) is 3. The van der Waals surface area contributed by atoms with E-state index >= 15 is 0 Å². The minimum atomic E-state index is -0.0106. The molecule has 5 nitrogen and oxygen atoms in total. The van der Waals surface area contributed by atoms with Crippen molar-refractivity contribution in [1.29, 1.82) is 0 Å². The largest absolute Gasteiger partial charge is 0.352 e. The highest BCUT2D eigenvalue weighted by molar-refractivity contribution is 9.10. The van der Waals surface area contributed by atoms with Gasteiger partial charge in [-0.25, -0.2) is 4.68 Å². The van der Waals surface area contributed by atoms with E-state index in [4.69, 9.17) is 0 Å². The average molecular weight is 459 g/mol. The van der Waals surface area contributed by atoms with Gasteiger partial charge in [-0.15, -0.1) is 11.3 Å². The number of hydrogen-bond acceptors (Lipinski definition) is 4. The van der Waals surface area contributed by atoms with Gasteiger partial charge < -0.3 is 5.32 Å². The molecule has 1 aliphatic heterocycles. The standard InChI is InChI=1S/C21H23BrN4OS/c22-18-12-24-26(14-18)19-7-5-17(6-8-19)21(27)23-11-16-3-1-9-25(13-16)15-20-4-2-10-28-20/h2,4-8,10,12,14,16H,1,3,9,11,13,15H2,(H,23,27). The summed E-state index contributed by atoms with van der Waals surface area (Å²) in [5.41, 5.74) is 1.61. The van der Waals surface area contributed by atoms with Crippen LogP contribution in [0.25, 0.3) is 5.69 Å². The summed E-state index contributed by atoms with van der Waals surface area (Å²) < 4.78 is 2.70. The second-order valence-corrected chi connectivity index (χ2v) is 9.13. The second kappa shape index (κ2) is 9.03. The van der Waals surface area contributed by atoms with Crippen molar-refractivity contribution >= 4 is 33.2 Å². The molecule has 2 aromatic heterocycles. The van der Waals surface area contributed by atoms with Crippen molar-refractivity contribution in [2.45, 2.75) is 19.4 Å². The van der Waals surface area contributed by atoms with E-state index in [-0.39, 0.29) is 5.91 Å². The zero-order chi connectivity index (χ0) is 19.3. The van der Waals surface area contributed by atoms with Crippen LogP contribution in [-0.4, -0.2) is 40.2 Å². The maximum absolute atomic E-state index is 12.5. The SMILES string of the molecule is O=C(NCC1CCCN(Cc2cccs2)C1)c1ccc(-n2cc(Br)cn2)cc1. The quantitative estimate of drug-likeness (QED) is 0.597. The molecule has 0 saturated carbocycles. The summed E-state index contributed by atoms with van der Waals surface area (Å²) in [4.78, 5) is 16.4. The van der Waals surface area contributed by atoms with Gasteiger partial charge in [0, 0.05) is 36.3 Å². The zero-order valence-electron chi connectivity index (χ0n) is 15.6. The van der Waals surface area contributed by atoms with Crippen molar-refractivity contribution in [3.63, 3.8) is 0 Å². The third-order valence-electron chi connectivity index (χ3n) is 5.06. The van der Waals surface area contributed by atoms with E-state index in [0.717, 1.165) is 36.3 Å². The van der Waals surface area contributed by atoms with Gasteiger partial charge in [-0.2, -0.15) is 5.10 Å². The lowest BCUT2D eigenvalue weighted by molar-refractivity contribution is 0.0931. The number of carbonyl (C=O) groups excluding carboxylic acids is 1. The van der Waals surface area contributed by atoms with Crippen LogP contribution in [0.3, 0.4) is 0 Å². The van der Waals surface area contributed by atoms with E-state index in [1.807, 2.05) is 41.8 Å². The first-order chi connectivity index (χ1) is 13.7. The van der Waals surface area contributed by atoms with Gasteiger partial charge in [-0.05, 0) is 76.9 Å². The minimum absolute atomic E-state index is 0.0106. The van der Waals surface area contributed by atoms with Crippen molar-refractivity contribution in [2.75, 3.05) is 19.6 Å². The third kappa shape index (κ3) is 4.90. The highest BCUT2D eigenvalue weighted by atomic mass is 79.9. The van der Waals surface area contributed by atoms with Crippen molar-refractivity contribution in [3.8, 4) is 5.69 Å². The van der Waals surface area contributed by atoms with E-state index in [9.17, 15) is 4.79 Å².